The van der Waals surface area contributed by atoms with Crippen LogP contribution in [0, 0.1) is 0 Å². The van der Waals surface area contributed by atoms with E-state index >= 15 is 0 Å². The number of aliphatic hydroxyl groups is 1. The number of carbonyl (C=O) groups excluding carboxylic acids is 2. The van der Waals surface area contributed by atoms with Crippen molar-refractivity contribution in [3.63, 3.8) is 0 Å². The van der Waals surface area contributed by atoms with Gasteiger partial charge >= 0.3 is 5.97 Å². The molecule has 0 aliphatic heterocycles. The Hall–Kier alpha value is -3.00. The number of aliphatic hydroxyl groups excluding tert-OH is 1. The molecule has 0 saturated heterocycles. The molecule has 0 spiro atoms. The highest BCUT2D eigenvalue weighted by Gasteiger charge is 2.45. The van der Waals surface area contributed by atoms with Crippen molar-refractivity contribution in [3.05, 3.63) is 117 Å². The van der Waals surface area contributed by atoms with Gasteiger partial charge in [0.2, 0.25) is 5.78 Å². The molecular weight excluding hydrogens is 515 g/mol. The highest BCUT2D eigenvalue weighted by atomic mass is 35.5. The second kappa shape index (κ2) is 12.5. The summed E-state index contributed by atoms with van der Waals surface area (Å²) in [7, 11) is 0. The average molecular weight is 541 g/mol. The van der Waals surface area contributed by atoms with E-state index in [0.29, 0.717) is 0 Å². The van der Waals surface area contributed by atoms with Crippen LogP contribution in [-0.4, -0.2) is 35.2 Å². The first-order chi connectivity index (χ1) is 17.8. The second-order valence-corrected chi connectivity index (χ2v) is 9.37. The Morgan fingerprint density at radius 3 is 2.08 bits per heavy atom. The third-order valence-electron chi connectivity index (χ3n) is 5.94. The number of hydrogen-bond donors (Lipinski definition) is 1. The van der Waals surface area contributed by atoms with Crippen LogP contribution in [0.4, 0.5) is 0 Å². The molecule has 0 amide bonds. The Bertz CT molecular complexity index is 1260. The fraction of sp³-hybridized carbons (Fsp3) is 0.241. The number of benzene rings is 3. The molecule has 1 aliphatic rings. The van der Waals surface area contributed by atoms with Crippen LogP contribution < -0.4 is 0 Å². The van der Waals surface area contributed by atoms with Crippen molar-refractivity contribution < 1.29 is 28.9 Å². The van der Waals surface area contributed by atoms with Gasteiger partial charge in [0.15, 0.2) is 6.10 Å². The molecule has 3 aromatic rings. The van der Waals surface area contributed by atoms with Crippen LogP contribution in [-0.2, 0) is 37.0 Å². The topological polar surface area (TPSA) is 82.1 Å². The van der Waals surface area contributed by atoms with Crippen LogP contribution in [0.3, 0.4) is 0 Å². The number of hydrogen-bond acceptors (Lipinski definition) is 6. The number of rotatable bonds is 9. The van der Waals surface area contributed by atoms with Crippen LogP contribution >= 0.6 is 23.2 Å². The van der Waals surface area contributed by atoms with Gasteiger partial charge in [0.1, 0.15) is 18.3 Å². The summed E-state index contributed by atoms with van der Waals surface area (Å²) in [5.41, 5.74) is 2.01. The van der Waals surface area contributed by atoms with Gasteiger partial charge in [-0.2, -0.15) is 0 Å². The smallest absolute Gasteiger partial charge is 0.303 e. The zero-order valence-corrected chi connectivity index (χ0v) is 21.6. The Morgan fingerprint density at radius 1 is 0.892 bits per heavy atom. The van der Waals surface area contributed by atoms with Crippen molar-refractivity contribution in [2.75, 3.05) is 0 Å². The van der Waals surface area contributed by atoms with Gasteiger partial charge in [-0.15, -0.1) is 0 Å². The summed E-state index contributed by atoms with van der Waals surface area (Å²) < 4.78 is 17.8. The normalized spacial score (nSPS) is 20.3. The predicted molar refractivity (Wildman–Crippen MR) is 140 cm³/mol. The molecule has 0 aromatic heterocycles. The lowest BCUT2D eigenvalue weighted by atomic mass is 9.85. The van der Waals surface area contributed by atoms with Crippen LogP contribution in [0.25, 0.3) is 0 Å². The maximum Gasteiger partial charge on any atom is 0.303 e. The molecule has 0 bridgehead atoms. The molecular formula is C29H26Cl2O6. The minimum Gasteiger partial charge on any atom is -0.451 e. The van der Waals surface area contributed by atoms with E-state index in [1.807, 2.05) is 60.7 Å². The first kappa shape index (κ1) is 27.0. The number of halogens is 2. The maximum absolute atomic E-state index is 13.6. The average Bonchev–Trinajstić information content (AvgIpc) is 2.90. The van der Waals surface area contributed by atoms with Gasteiger partial charge in [-0.25, -0.2) is 0 Å². The van der Waals surface area contributed by atoms with Crippen LogP contribution in [0.2, 0.25) is 10.0 Å². The van der Waals surface area contributed by atoms with E-state index in [0.717, 1.165) is 11.1 Å². The molecule has 0 heterocycles. The first-order valence-corrected chi connectivity index (χ1v) is 12.5. The minimum atomic E-state index is -1.42. The first-order valence-electron chi connectivity index (χ1n) is 11.7. The zero-order chi connectivity index (χ0) is 26.4. The van der Waals surface area contributed by atoms with E-state index in [1.165, 1.54) is 13.0 Å². The molecule has 4 rings (SSSR count). The van der Waals surface area contributed by atoms with Gasteiger partial charge in [-0.3, -0.25) is 9.59 Å². The van der Waals surface area contributed by atoms with Crippen molar-refractivity contribution in [2.24, 2.45) is 0 Å². The van der Waals surface area contributed by atoms with Gasteiger partial charge in [0.05, 0.1) is 23.3 Å². The molecule has 8 heteroatoms. The summed E-state index contributed by atoms with van der Waals surface area (Å²) in [6.45, 7) is 1.58. The standard InChI is InChI=1S/C29H26Cl2O6/c1-18(32)37-29-27(34)22(26(33)21-13-8-14-23(30)25(21)31)15-24(35-16-19-9-4-2-5-10-19)28(29)36-17-20-11-6-3-7-12-20/h2-15,24,26,28-29,33H,16-17H2,1H3/t24-,26+,28+,29+/m0/s1. The number of ether oxygens (including phenoxy) is 3. The zero-order valence-electron chi connectivity index (χ0n) is 20.1. The van der Waals surface area contributed by atoms with Gasteiger partial charge in [-0.1, -0.05) is 96.0 Å². The third-order valence-corrected chi connectivity index (χ3v) is 6.78. The molecule has 37 heavy (non-hydrogen) atoms. The Labute approximate surface area is 225 Å². The lowest BCUT2D eigenvalue weighted by Crippen LogP contribution is -2.51. The monoisotopic (exact) mass is 540 g/mol. The Morgan fingerprint density at radius 2 is 1.49 bits per heavy atom. The van der Waals surface area contributed by atoms with Crippen molar-refractivity contribution in [2.45, 2.75) is 44.6 Å². The number of esters is 1. The lowest BCUT2D eigenvalue weighted by Gasteiger charge is -2.36. The van der Waals surface area contributed by atoms with Crippen molar-refractivity contribution in [3.8, 4) is 0 Å². The highest BCUT2D eigenvalue weighted by Crippen LogP contribution is 2.37. The van der Waals surface area contributed by atoms with E-state index in [4.69, 9.17) is 37.4 Å². The molecule has 1 aliphatic carbocycles. The van der Waals surface area contributed by atoms with Crippen LogP contribution in [0.1, 0.15) is 29.7 Å². The van der Waals surface area contributed by atoms with E-state index in [-0.39, 0.29) is 34.4 Å². The second-order valence-electron chi connectivity index (χ2n) is 8.58. The summed E-state index contributed by atoms with van der Waals surface area (Å²) in [6, 6.07) is 23.7. The van der Waals surface area contributed by atoms with E-state index in [2.05, 4.69) is 0 Å². The van der Waals surface area contributed by atoms with Gasteiger partial charge in [-0.05, 0) is 23.3 Å². The summed E-state index contributed by atoms with van der Waals surface area (Å²) in [5, 5.41) is 11.6. The molecule has 0 saturated carbocycles. The molecule has 3 aromatic carbocycles. The number of ketones is 1. The third kappa shape index (κ3) is 6.66. The highest BCUT2D eigenvalue weighted by molar-refractivity contribution is 6.42. The van der Waals surface area contributed by atoms with Crippen molar-refractivity contribution in [1.29, 1.82) is 0 Å². The van der Waals surface area contributed by atoms with Crippen LogP contribution in [0.15, 0.2) is 90.5 Å². The Balaban J connectivity index is 1.70. The largest absolute Gasteiger partial charge is 0.451 e. The number of carbonyl (C=O) groups is 2. The maximum atomic E-state index is 13.6. The summed E-state index contributed by atoms with van der Waals surface area (Å²) in [5.74, 6) is -1.26. The minimum absolute atomic E-state index is 0.0203. The van der Waals surface area contributed by atoms with Gasteiger partial charge < -0.3 is 19.3 Å². The Kier molecular flexibility index (Phi) is 9.14. The molecule has 4 atom stereocenters. The number of Topliss-reactive ketones (excluding diaryl/α,β-unsaturated/α-hetero) is 1. The summed E-state index contributed by atoms with van der Waals surface area (Å²) >= 11 is 12.5. The molecule has 6 nitrogen and oxygen atoms in total. The SMILES string of the molecule is CC(=O)O[C@@H]1C(=O)C([C@H](O)c2cccc(Cl)c2Cl)=C[C@H](OCc2ccccc2)[C@H]1OCc1ccccc1. The molecule has 0 unspecified atom stereocenters. The molecule has 0 radical (unpaired) electrons. The van der Waals surface area contributed by atoms with E-state index < -0.39 is 36.2 Å². The predicted octanol–water partition coefficient (Wildman–Crippen LogP) is 5.64. The molecule has 1 N–H and O–H groups in total. The fourth-order valence-electron chi connectivity index (χ4n) is 4.12. The van der Waals surface area contributed by atoms with Gasteiger partial charge in [0, 0.05) is 18.1 Å². The van der Waals surface area contributed by atoms with Gasteiger partial charge in [0.25, 0.3) is 0 Å². The van der Waals surface area contributed by atoms with Crippen molar-refractivity contribution in [1.82, 2.24) is 0 Å². The quantitative estimate of drug-likeness (QED) is 0.354. The summed E-state index contributed by atoms with van der Waals surface area (Å²) in [6.07, 6.45) is -3.02. The van der Waals surface area contributed by atoms with Crippen molar-refractivity contribution >= 4 is 35.0 Å². The van der Waals surface area contributed by atoms with Crippen LogP contribution in [0.5, 0.6) is 0 Å². The molecule has 192 valence electrons. The fourth-order valence-corrected chi connectivity index (χ4v) is 4.53. The van der Waals surface area contributed by atoms with E-state index in [1.54, 1.807) is 18.2 Å². The lowest BCUT2D eigenvalue weighted by molar-refractivity contribution is -0.174. The molecule has 0 fully saturated rings. The van der Waals surface area contributed by atoms with E-state index in [9.17, 15) is 14.7 Å². The summed E-state index contributed by atoms with van der Waals surface area (Å²) in [4.78, 5) is 25.6.